The summed E-state index contributed by atoms with van der Waals surface area (Å²) in [5.41, 5.74) is 3.53. The molecule has 1 aliphatic heterocycles. The fourth-order valence-corrected chi connectivity index (χ4v) is 5.57. The molecule has 2 aromatic heterocycles. The number of carbonyl (C=O) groups excluding carboxylic acids is 1. The second kappa shape index (κ2) is 8.55. The highest BCUT2D eigenvalue weighted by Crippen LogP contribution is 2.28. The van der Waals surface area contributed by atoms with E-state index in [2.05, 4.69) is 15.4 Å². The van der Waals surface area contributed by atoms with Gasteiger partial charge in [-0.25, -0.2) is 13.4 Å². The van der Waals surface area contributed by atoms with Crippen LogP contribution in [0.5, 0.6) is 0 Å². The van der Waals surface area contributed by atoms with E-state index in [1.807, 2.05) is 25.4 Å². The second-order valence-electron chi connectivity index (χ2n) is 8.08. The third-order valence-corrected chi connectivity index (χ3v) is 7.98. The van der Waals surface area contributed by atoms with E-state index in [0.717, 1.165) is 11.1 Å². The van der Waals surface area contributed by atoms with E-state index in [1.165, 1.54) is 16.6 Å². The van der Waals surface area contributed by atoms with Crippen LogP contribution in [0.2, 0.25) is 5.02 Å². The molecular weight excluding hydrogens is 450 g/mol. The smallest absolute Gasteiger partial charge is 0.256 e. The molecule has 0 bridgehead atoms. The summed E-state index contributed by atoms with van der Waals surface area (Å²) in [6.45, 7) is 3.80. The van der Waals surface area contributed by atoms with E-state index in [4.69, 9.17) is 11.6 Å². The largest absolute Gasteiger partial charge is 0.322 e. The van der Waals surface area contributed by atoms with Gasteiger partial charge in [-0.05, 0) is 61.2 Å². The quantitative estimate of drug-likeness (QED) is 0.611. The van der Waals surface area contributed by atoms with Crippen molar-refractivity contribution in [2.75, 3.05) is 16.2 Å². The summed E-state index contributed by atoms with van der Waals surface area (Å²) in [7, 11) is -1.60. The molecule has 1 amide bonds. The van der Waals surface area contributed by atoms with Crippen LogP contribution in [0.25, 0.3) is 0 Å². The fourth-order valence-electron chi connectivity index (χ4n) is 3.75. The molecule has 0 saturated carbocycles. The molecular formula is C22H24ClN5O3S. The molecule has 0 radical (unpaired) electrons. The molecule has 1 fully saturated rings. The minimum Gasteiger partial charge on any atom is -0.322 e. The summed E-state index contributed by atoms with van der Waals surface area (Å²) in [6, 6.07) is 6.91. The van der Waals surface area contributed by atoms with Gasteiger partial charge in [0.05, 0.1) is 11.4 Å². The van der Waals surface area contributed by atoms with Gasteiger partial charge < -0.3 is 5.32 Å². The Balaban J connectivity index is 1.58. The van der Waals surface area contributed by atoms with E-state index in [9.17, 15) is 13.2 Å². The minimum atomic E-state index is -3.46. The summed E-state index contributed by atoms with van der Waals surface area (Å²) in [5.74, 6) is -0.0983. The highest BCUT2D eigenvalue weighted by Gasteiger charge is 2.36. The predicted octanol–water partition coefficient (Wildman–Crippen LogP) is 3.55. The van der Waals surface area contributed by atoms with Crippen LogP contribution in [0.4, 0.5) is 11.5 Å². The highest BCUT2D eigenvalue weighted by atomic mass is 35.5. The number of hydrogen-bond acceptors (Lipinski definition) is 5. The lowest BCUT2D eigenvalue weighted by Gasteiger charge is -2.18. The zero-order chi connectivity index (χ0) is 23.0. The number of halogens is 1. The lowest BCUT2D eigenvalue weighted by Crippen LogP contribution is -2.29. The Labute approximate surface area is 192 Å². The molecule has 1 N–H and O–H groups in total. The van der Waals surface area contributed by atoms with Crippen LogP contribution < -0.4 is 9.62 Å². The molecule has 1 aliphatic rings. The molecule has 1 aromatic carbocycles. The van der Waals surface area contributed by atoms with Crippen molar-refractivity contribution in [3.05, 3.63) is 70.1 Å². The van der Waals surface area contributed by atoms with Crippen LogP contribution in [0.3, 0.4) is 0 Å². The van der Waals surface area contributed by atoms with Crippen molar-refractivity contribution >= 4 is 39.0 Å². The van der Waals surface area contributed by atoms with Crippen molar-refractivity contribution in [3.63, 3.8) is 0 Å². The van der Waals surface area contributed by atoms with Gasteiger partial charge >= 0.3 is 0 Å². The summed E-state index contributed by atoms with van der Waals surface area (Å²) in [4.78, 5) is 17.3. The van der Waals surface area contributed by atoms with Crippen LogP contribution in [-0.4, -0.2) is 40.9 Å². The number of aryl methyl sites for hydroxylation is 2. The third-order valence-electron chi connectivity index (χ3n) is 5.53. The number of amides is 1. The number of anilines is 2. The average Bonchev–Trinajstić information content (AvgIpc) is 3.24. The number of sulfonamides is 1. The topological polar surface area (TPSA) is 97.2 Å². The molecule has 1 saturated heterocycles. The van der Waals surface area contributed by atoms with Gasteiger partial charge in [0.25, 0.3) is 5.91 Å². The first-order valence-electron chi connectivity index (χ1n) is 10.2. The van der Waals surface area contributed by atoms with Crippen molar-refractivity contribution in [2.45, 2.75) is 31.9 Å². The van der Waals surface area contributed by atoms with Crippen LogP contribution >= 0.6 is 11.6 Å². The van der Waals surface area contributed by atoms with Crippen molar-refractivity contribution in [1.82, 2.24) is 14.8 Å². The van der Waals surface area contributed by atoms with Gasteiger partial charge in [0.2, 0.25) is 10.0 Å². The Morgan fingerprint density at radius 1 is 1.22 bits per heavy atom. The Bertz CT molecular complexity index is 1290. The maximum Gasteiger partial charge on any atom is 0.256 e. The first kappa shape index (κ1) is 22.3. The monoisotopic (exact) mass is 473 g/mol. The number of nitrogens with one attached hydrogen (secondary N) is 1. The van der Waals surface area contributed by atoms with Crippen LogP contribution in [0, 0.1) is 6.92 Å². The van der Waals surface area contributed by atoms with Gasteiger partial charge in [-0.3, -0.25) is 13.8 Å². The lowest BCUT2D eigenvalue weighted by molar-refractivity contribution is 0.102. The van der Waals surface area contributed by atoms with Gasteiger partial charge in [0, 0.05) is 48.7 Å². The molecule has 1 atom stereocenters. The maximum absolute atomic E-state index is 13.0. The van der Waals surface area contributed by atoms with Gasteiger partial charge in [0.15, 0.2) is 0 Å². The molecule has 3 aromatic rings. The van der Waals surface area contributed by atoms with Crippen molar-refractivity contribution < 1.29 is 13.2 Å². The second-order valence-corrected chi connectivity index (χ2v) is 10.8. The first-order chi connectivity index (χ1) is 15.1. The minimum absolute atomic E-state index is 0.258. The molecule has 168 valence electrons. The highest BCUT2D eigenvalue weighted by molar-refractivity contribution is 7.93. The SMILES string of the molecule is Cc1cnc(N2CCC(C)S2(=O)=O)cc1C(=O)Nc1cc(Cl)cc(Cc2cnn(C)c2)c1. The molecule has 10 heteroatoms. The molecule has 4 rings (SSSR count). The fraction of sp³-hybridized carbons (Fsp3) is 0.318. The molecule has 8 nitrogen and oxygen atoms in total. The van der Waals surface area contributed by atoms with E-state index < -0.39 is 15.3 Å². The normalized spacial score (nSPS) is 17.5. The number of carbonyl (C=O) groups is 1. The number of nitrogens with zero attached hydrogens (tertiary/aromatic N) is 4. The number of benzene rings is 1. The van der Waals surface area contributed by atoms with Crippen LogP contribution in [0.15, 0.2) is 42.9 Å². The van der Waals surface area contributed by atoms with Gasteiger partial charge in [-0.15, -0.1) is 0 Å². The van der Waals surface area contributed by atoms with Gasteiger partial charge in [0.1, 0.15) is 5.82 Å². The number of hydrogen-bond donors (Lipinski definition) is 1. The summed E-state index contributed by atoms with van der Waals surface area (Å²) >= 11 is 6.28. The Morgan fingerprint density at radius 3 is 2.66 bits per heavy atom. The van der Waals surface area contributed by atoms with Crippen molar-refractivity contribution in [2.24, 2.45) is 7.05 Å². The molecule has 32 heavy (non-hydrogen) atoms. The molecule has 0 spiro atoms. The van der Waals surface area contributed by atoms with E-state index in [-0.39, 0.29) is 11.7 Å². The summed E-state index contributed by atoms with van der Waals surface area (Å²) in [5, 5.41) is 7.09. The van der Waals surface area contributed by atoms with Gasteiger partial charge in [-0.1, -0.05) is 11.6 Å². The lowest BCUT2D eigenvalue weighted by atomic mass is 10.1. The van der Waals surface area contributed by atoms with E-state index >= 15 is 0 Å². The summed E-state index contributed by atoms with van der Waals surface area (Å²) in [6.07, 6.45) is 6.39. The molecule has 1 unspecified atom stereocenters. The average molecular weight is 474 g/mol. The molecule has 3 heterocycles. The number of rotatable bonds is 5. The number of aromatic nitrogens is 3. The number of pyridine rings is 1. The standard InChI is InChI=1S/C22H24ClN5O3S/c1-14-11-24-21(28-5-4-15(2)32(28,30)31)10-20(14)22(29)26-19-8-16(7-18(23)9-19)6-17-12-25-27(3)13-17/h7-13,15H,4-6H2,1-3H3,(H,26,29). The van der Waals surface area contributed by atoms with Crippen molar-refractivity contribution in [3.8, 4) is 0 Å². The van der Waals surface area contributed by atoms with Crippen molar-refractivity contribution in [1.29, 1.82) is 0 Å². The maximum atomic E-state index is 13.0. The zero-order valence-electron chi connectivity index (χ0n) is 18.0. The molecule has 0 aliphatic carbocycles. The Kier molecular flexibility index (Phi) is 5.96. The first-order valence-corrected chi connectivity index (χ1v) is 12.1. The van der Waals surface area contributed by atoms with Crippen LogP contribution in [-0.2, 0) is 23.5 Å². The van der Waals surface area contributed by atoms with Gasteiger partial charge in [-0.2, -0.15) is 5.10 Å². The van der Waals surface area contributed by atoms with E-state index in [1.54, 1.807) is 30.8 Å². The van der Waals surface area contributed by atoms with Crippen LogP contribution in [0.1, 0.15) is 40.4 Å². The Morgan fingerprint density at radius 2 is 2.00 bits per heavy atom. The predicted molar refractivity (Wildman–Crippen MR) is 125 cm³/mol. The third kappa shape index (κ3) is 4.49. The Hall–Kier alpha value is -2.91. The van der Waals surface area contributed by atoms with E-state index in [0.29, 0.717) is 41.2 Å². The zero-order valence-corrected chi connectivity index (χ0v) is 19.6. The summed E-state index contributed by atoms with van der Waals surface area (Å²) < 4.78 is 28.1.